The molecule has 3 atom stereocenters. The summed E-state index contributed by atoms with van der Waals surface area (Å²) in [6, 6.07) is 8.32. The van der Waals surface area contributed by atoms with Gasteiger partial charge in [0.05, 0.1) is 0 Å². The van der Waals surface area contributed by atoms with E-state index >= 15 is 0 Å². The molecule has 4 rings (SSSR count). The van der Waals surface area contributed by atoms with Crippen molar-refractivity contribution in [2.45, 2.75) is 59.5 Å². The number of nitrogens with one attached hydrogen (secondary N) is 2. The van der Waals surface area contributed by atoms with Gasteiger partial charge in [0, 0.05) is 11.6 Å². The van der Waals surface area contributed by atoms with E-state index in [9.17, 15) is 4.79 Å². The third-order valence-electron chi connectivity index (χ3n) is 7.47. The van der Waals surface area contributed by atoms with Gasteiger partial charge in [-0.15, -0.1) is 0 Å². The van der Waals surface area contributed by atoms with Gasteiger partial charge in [0.1, 0.15) is 6.54 Å². The van der Waals surface area contributed by atoms with Crippen molar-refractivity contribution in [2.75, 3.05) is 0 Å². The summed E-state index contributed by atoms with van der Waals surface area (Å²) < 4.78 is 2.27. The molecule has 2 N–H and O–H groups in total. The predicted molar refractivity (Wildman–Crippen MR) is 109 cm³/mol. The summed E-state index contributed by atoms with van der Waals surface area (Å²) in [5, 5.41) is 10.5. The van der Waals surface area contributed by atoms with Gasteiger partial charge in [-0.25, -0.2) is 0 Å². The molecule has 0 aliphatic heterocycles. The van der Waals surface area contributed by atoms with Crippen LogP contribution in [-0.2, 0) is 11.3 Å². The largest absolute Gasteiger partial charge is 0.351 e. The lowest BCUT2D eigenvalue weighted by atomic mass is 9.69. The summed E-state index contributed by atoms with van der Waals surface area (Å²) in [4.78, 5) is 12.9. The number of hydrogen-bond donors (Lipinski definition) is 2. The Hall–Kier alpha value is -1.95. The molecule has 144 valence electrons. The van der Waals surface area contributed by atoms with Gasteiger partial charge in [0.15, 0.2) is 10.6 Å². The Morgan fingerprint density at radius 2 is 2.19 bits per heavy atom. The lowest BCUT2D eigenvalue weighted by Crippen LogP contribution is -2.47. The van der Waals surface area contributed by atoms with Gasteiger partial charge >= 0.3 is 0 Å². The number of rotatable bonds is 4. The second kappa shape index (κ2) is 6.30. The number of benzene rings is 1. The van der Waals surface area contributed by atoms with Crippen LogP contribution in [0.1, 0.15) is 45.6 Å². The molecule has 1 amide bonds. The molecule has 2 aliphatic rings. The Morgan fingerprint density at radius 1 is 1.41 bits per heavy atom. The summed E-state index contributed by atoms with van der Waals surface area (Å²) in [6.07, 6.45) is 3.55. The molecule has 6 heteroatoms. The van der Waals surface area contributed by atoms with Gasteiger partial charge in [-0.1, -0.05) is 44.5 Å². The van der Waals surface area contributed by atoms with Crippen molar-refractivity contribution in [1.82, 2.24) is 20.1 Å². The summed E-state index contributed by atoms with van der Waals surface area (Å²) >= 11 is 5.38. The summed E-state index contributed by atoms with van der Waals surface area (Å²) in [5.41, 5.74) is 2.56. The quantitative estimate of drug-likeness (QED) is 0.775. The highest BCUT2D eigenvalue weighted by Gasteiger charge is 2.61. The minimum atomic E-state index is 0.0102. The highest BCUT2D eigenvalue weighted by molar-refractivity contribution is 7.71. The standard InChI is InChI=1S/C21H28N4OS/c1-13-6-5-7-14(10-13)18-23-24-19(27)25(18)12-17(26)22-16-11-15-8-9-21(16,4)20(15,2)3/h5-7,10,15-16H,8-9,11-12H2,1-4H3,(H,22,26)(H,24,27). The summed E-state index contributed by atoms with van der Waals surface area (Å²) in [7, 11) is 0. The smallest absolute Gasteiger partial charge is 0.240 e. The number of carbonyl (C=O) groups is 1. The Kier molecular flexibility index (Phi) is 4.29. The van der Waals surface area contributed by atoms with E-state index in [4.69, 9.17) is 12.2 Å². The third kappa shape index (κ3) is 2.85. The zero-order valence-electron chi connectivity index (χ0n) is 16.5. The Morgan fingerprint density at radius 3 is 2.81 bits per heavy atom. The predicted octanol–water partition coefficient (Wildman–Crippen LogP) is 4.25. The van der Waals surface area contributed by atoms with Gasteiger partial charge < -0.3 is 5.32 Å². The average Bonchev–Trinajstić information content (AvgIpc) is 3.13. The van der Waals surface area contributed by atoms with Gasteiger partial charge in [-0.05, 0) is 61.2 Å². The van der Waals surface area contributed by atoms with Crippen molar-refractivity contribution < 1.29 is 4.79 Å². The first kappa shape index (κ1) is 18.4. The normalized spacial score (nSPS) is 28.4. The number of aromatic amines is 1. The molecule has 27 heavy (non-hydrogen) atoms. The summed E-state index contributed by atoms with van der Waals surface area (Å²) in [6.45, 7) is 9.29. The minimum absolute atomic E-state index is 0.0102. The van der Waals surface area contributed by atoms with Crippen LogP contribution in [0.3, 0.4) is 0 Å². The molecule has 1 aromatic carbocycles. The van der Waals surface area contributed by atoms with Crippen LogP contribution in [0.25, 0.3) is 11.4 Å². The van der Waals surface area contributed by atoms with E-state index in [1.165, 1.54) is 12.8 Å². The molecular formula is C21H28N4OS. The highest BCUT2D eigenvalue weighted by Crippen LogP contribution is 2.65. The second-order valence-electron chi connectivity index (χ2n) is 9.04. The molecule has 0 spiro atoms. The lowest BCUT2D eigenvalue weighted by molar-refractivity contribution is -0.123. The van der Waals surface area contributed by atoms with Crippen molar-refractivity contribution in [3.05, 3.63) is 34.6 Å². The van der Waals surface area contributed by atoms with E-state index in [0.717, 1.165) is 17.5 Å². The molecule has 3 unspecified atom stereocenters. The lowest BCUT2D eigenvalue weighted by Gasteiger charge is -2.39. The van der Waals surface area contributed by atoms with E-state index in [-0.39, 0.29) is 29.3 Å². The van der Waals surface area contributed by atoms with Crippen LogP contribution in [0, 0.1) is 28.4 Å². The van der Waals surface area contributed by atoms with E-state index in [1.807, 2.05) is 25.1 Å². The van der Waals surface area contributed by atoms with E-state index < -0.39 is 0 Å². The van der Waals surface area contributed by atoms with Gasteiger partial charge in [-0.2, -0.15) is 5.10 Å². The summed E-state index contributed by atoms with van der Waals surface area (Å²) in [5.74, 6) is 1.42. The Balaban J connectivity index is 1.53. The molecule has 1 heterocycles. The topological polar surface area (TPSA) is 62.7 Å². The molecular weight excluding hydrogens is 356 g/mol. The number of aryl methyl sites for hydroxylation is 1. The third-order valence-corrected chi connectivity index (χ3v) is 7.78. The first-order valence-corrected chi connectivity index (χ1v) is 10.1. The maximum absolute atomic E-state index is 12.9. The van der Waals surface area contributed by atoms with Gasteiger partial charge in [0.25, 0.3) is 0 Å². The van der Waals surface area contributed by atoms with Crippen LogP contribution in [-0.4, -0.2) is 26.7 Å². The number of H-pyrrole nitrogens is 1. The van der Waals surface area contributed by atoms with Gasteiger partial charge in [-0.3, -0.25) is 14.5 Å². The molecule has 0 saturated heterocycles. The van der Waals surface area contributed by atoms with Crippen molar-refractivity contribution in [3.8, 4) is 11.4 Å². The molecule has 2 aliphatic carbocycles. The SMILES string of the molecule is Cc1cccc(-c2n[nH]c(=S)n2CC(=O)NC2CC3CCC2(C)C3(C)C)c1. The Labute approximate surface area is 165 Å². The van der Waals surface area contributed by atoms with Crippen LogP contribution in [0.15, 0.2) is 24.3 Å². The van der Waals surface area contributed by atoms with E-state index in [0.29, 0.717) is 16.5 Å². The van der Waals surface area contributed by atoms with Crippen molar-refractivity contribution in [1.29, 1.82) is 0 Å². The zero-order chi connectivity index (χ0) is 19.4. The fraction of sp³-hybridized carbons (Fsp3) is 0.571. The Bertz CT molecular complexity index is 944. The number of fused-ring (bicyclic) bond motifs is 2. The zero-order valence-corrected chi connectivity index (χ0v) is 17.3. The highest BCUT2D eigenvalue weighted by atomic mass is 32.1. The van der Waals surface area contributed by atoms with E-state index in [2.05, 4.69) is 42.4 Å². The van der Waals surface area contributed by atoms with E-state index in [1.54, 1.807) is 4.57 Å². The molecule has 5 nitrogen and oxygen atoms in total. The first-order valence-electron chi connectivity index (χ1n) is 9.74. The molecule has 2 bridgehead atoms. The average molecular weight is 385 g/mol. The molecule has 2 saturated carbocycles. The fourth-order valence-electron chi connectivity index (χ4n) is 5.27. The number of carbonyl (C=O) groups excluding carboxylic acids is 1. The first-order chi connectivity index (χ1) is 12.7. The number of amides is 1. The van der Waals surface area contributed by atoms with Crippen molar-refractivity contribution in [2.24, 2.45) is 16.7 Å². The fourth-order valence-corrected chi connectivity index (χ4v) is 5.47. The minimum Gasteiger partial charge on any atom is -0.351 e. The monoisotopic (exact) mass is 384 g/mol. The second-order valence-corrected chi connectivity index (χ2v) is 9.43. The van der Waals surface area contributed by atoms with Crippen LogP contribution >= 0.6 is 12.2 Å². The maximum atomic E-state index is 12.9. The maximum Gasteiger partial charge on any atom is 0.240 e. The van der Waals surface area contributed by atoms with Crippen LogP contribution in [0.2, 0.25) is 0 Å². The molecule has 2 aromatic rings. The number of hydrogen-bond acceptors (Lipinski definition) is 3. The van der Waals surface area contributed by atoms with Crippen molar-refractivity contribution >= 4 is 18.1 Å². The number of nitrogens with zero attached hydrogens (tertiary/aromatic N) is 2. The molecule has 2 fully saturated rings. The van der Waals surface area contributed by atoms with Crippen LogP contribution in [0.4, 0.5) is 0 Å². The number of aromatic nitrogens is 3. The molecule has 1 aromatic heterocycles. The molecule has 0 radical (unpaired) electrons. The van der Waals surface area contributed by atoms with Crippen LogP contribution < -0.4 is 5.32 Å². The van der Waals surface area contributed by atoms with Crippen molar-refractivity contribution in [3.63, 3.8) is 0 Å². The van der Waals surface area contributed by atoms with Crippen LogP contribution in [0.5, 0.6) is 0 Å². The van der Waals surface area contributed by atoms with Gasteiger partial charge in [0.2, 0.25) is 5.91 Å².